The summed E-state index contributed by atoms with van der Waals surface area (Å²) < 4.78 is 1.64. The molecule has 0 radical (unpaired) electrons. The molecule has 0 aliphatic carbocycles. The van der Waals surface area contributed by atoms with E-state index < -0.39 is 0 Å². The van der Waals surface area contributed by atoms with Crippen molar-refractivity contribution in [3.8, 4) is 0 Å². The standard InChI is InChI=1S/C15H19N5O2/c1-17-14(21)12-5-2-6-13-18-11(9-20(12)13)15(22)19-7-3-4-10(19)8-16/h2,5-6,9-10H,3-4,7-8,16H2,1H3,(H,17,21). The van der Waals surface area contributed by atoms with Gasteiger partial charge >= 0.3 is 0 Å². The van der Waals surface area contributed by atoms with Crippen LogP contribution in [0.1, 0.15) is 33.8 Å². The van der Waals surface area contributed by atoms with Gasteiger partial charge in [-0.05, 0) is 25.0 Å². The fraction of sp³-hybridized carbons (Fsp3) is 0.400. The summed E-state index contributed by atoms with van der Waals surface area (Å²) >= 11 is 0. The van der Waals surface area contributed by atoms with Crippen LogP contribution in [0, 0.1) is 0 Å². The van der Waals surface area contributed by atoms with Gasteiger partial charge in [0.1, 0.15) is 17.0 Å². The molecule has 7 heteroatoms. The Morgan fingerprint density at radius 1 is 1.45 bits per heavy atom. The Balaban J connectivity index is 1.98. The summed E-state index contributed by atoms with van der Waals surface area (Å²) in [7, 11) is 1.57. The van der Waals surface area contributed by atoms with Crippen LogP contribution in [-0.4, -0.2) is 52.3 Å². The van der Waals surface area contributed by atoms with E-state index in [1.165, 1.54) is 0 Å². The fourth-order valence-electron chi connectivity index (χ4n) is 2.92. The molecule has 3 heterocycles. The molecule has 1 unspecified atom stereocenters. The Morgan fingerprint density at radius 3 is 3.00 bits per heavy atom. The maximum absolute atomic E-state index is 12.6. The van der Waals surface area contributed by atoms with Crippen molar-refractivity contribution >= 4 is 17.5 Å². The lowest BCUT2D eigenvalue weighted by Crippen LogP contribution is -2.40. The van der Waals surface area contributed by atoms with Gasteiger partial charge in [-0.3, -0.25) is 14.0 Å². The van der Waals surface area contributed by atoms with Gasteiger partial charge in [-0.15, -0.1) is 0 Å². The number of rotatable bonds is 3. The summed E-state index contributed by atoms with van der Waals surface area (Å²) in [5.74, 6) is -0.345. The van der Waals surface area contributed by atoms with Gasteiger partial charge < -0.3 is 16.0 Å². The lowest BCUT2D eigenvalue weighted by atomic mass is 10.2. The highest BCUT2D eigenvalue weighted by atomic mass is 16.2. The molecular formula is C15H19N5O2. The van der Waals surface area contributed by atoms with E-state index in [4.69, 9.17) is 5.73 Å². The maximum Gasteiger partial charge on any atom is 0.274 e. The van der Waals surface area contributed by atoms with Crippen LogP contribution in [0.15, 0.2) is 24.4 Å². The first-order valence-corrected chi connectivity index (χ1v) is 7.37. The van der Waals surface area contributed by atoms with Crippen LogP contribution in [0.5, 0.6) is 0 Å². The van der Waals surface area contributed by atoms with Gasteiger partial charge in [-0.2, -0.15) is 0 Å². The summed E-state index contributed by atoms with van der Waals surface area (Å²) in [6.45, 7) is 1.17. The Morgan fingerprint density at radius 2 is 2.27 bits per heavy atom. The Hall–Kier alpha value is -2.41. The average Bonchev–Trinajstić information content (AvgIpc) is 3.18. The molecule has 0 bridgehead atoms. The molecule has 0 saturated carbocycles. The first-order valence-electron chi connectivity index (χ1n) is 7.37. The van der Waals surface area contributed by atoms with Crippen molar-refractivity contribution in [1.82, 2.24) is 19.6 Å². The van der Waals surface area contributed by atoms with Gasteiger partial charge in [0.2, 0.25) is 0 Å². The van der Waals surface area contributed by atoms with Crippen molar-refractivity contribution in [2.75, 3.05) is 20.1 Å². The third-order valence-electron chi connectivity index (χ3n) is 4.08. The molecule has 1 fully saturated rings. The number of nitrogens with zero attached hydrogens (tertiary/aromatic N) is 3. The molecule has 3 rings (SSSR count). The molecule has 1 saturated heterocycles. The number of imidazole rings is 1. The molecule has 2 amide bonds. The second-order valence-electron chi connectivity index (χ2n) is 5.37. The molecule has 0 aromatic carbocycles. The van der Waals surface area contributed by atoms with Crippen LogP contribution in [0.2, 0.25) is 0 Å². The first kappa shape index (κ1) is 14.5. The Labute approximate surface area is 128 Å². The number of nitrogens with two attached hydrogens (primary N) is 1. The number of carbonyl (C=O) groups is 2. The van der Waals surface area contributed by atoms with E-state index in [0.29, 0.717) is 30.1 Å². The van der Waals surface area contributed by atoms with Gasteiger partial charge in [0.05, 0.1) is 0 Å². The van der Waals surface area contributed by atoms with E-state index in [1.807, 2.05) is 0 Å². The number of fused-ring (bicyclic) bond motifs is 1. The minimum Gasteiger partial charge on any atom is -0.354 e. The molecule has 0 spiro atoms. The van der Waals surface area contributed by atoms with Crippen LogP contribution < -0.4 is 11.1 Å². The van der Waals surface area contributed by atoms with E-state index in [-0.39, 0.29) is 17.9 Å². The summed E-state index contributed by atoms with van der Waals surface area (Å²) in [4.78, 5) is 30.7. The number of likely N-dealkylation sites (tertiary alicyclic amines) is 1. The fourth-order valence-corrected chi connectivity index (χ4v) is 2.92. The van der Waals surface area contributed by atoms with Crippen LogP contribution >= 0.6 is 0 Å². The number of hydrogen-bond donors (Lipinski definition) is 2. The summed E-state index contributed by atoms with van der Waals surface area (Å²) in [6, 6.07) is 5.30. The summed E-state index contributed by atoms with van der Waals surface area (Å²) in [6.07, 6.45) is 3.51. The van der Waals surface area contributed by atoms with Crippen molar-refractivity contribution in [2.24, 2.45) is 5.73 Å². The molecule has 1 aliphatic heterocycles. The average molecular weight is 301 g/mol. The van der Waals surface area contributed by atoms with Crippen LogP contribution in [0.4, 0.5) is 0 Å². The molecule has 1 aliphatic rings. The van der Waals surface area contributed by atoms with Crippen molar-refractivity contribution in [3.63, 3.8) is 0 Å². The smallest absolute Gasteiger partial charge is 0.274 e. The van der Waals surface area contributed by atoms with E-state index in [1.54, 1.807) is 40.7 Å². The molecule has 116 valence electrons. The van der Waals surface area contributed by atoms with Crippen molar-refractivity contribution in [1.29, 1.82) is 0 Å². The minimum atomic E-state index is -0.219. The normalized spacial score (nSPS) is 17.9. The second-order valence-corrected chi connectivity index (χ2v) is 5.37. The zero-order valence-electron chi connectivity index (χ0n) is 12.5. The first-order chi connectivity index (χ1) is 10.7. The predicted molar refractivity (Wildman–Crippen MR) is 81.7 cm³/mol. The number of carbonyl (C=O) groups excluding carboxylic acids is 2. The predicted octanol–water partition coefficient (Wildman–Crippen LogP) is 0.257. The van der Waals surface area contributed by atoms with Gasteiger partial charge in [0, 0.05) is 32.4 Å². The monoisotopic (exact) mass is 301 g/mol. The quantitative estimate of drug-likeness (QED) is 0.850. The van der Waals surface area contributed by atoms with E-state index in [9.17, 15) is 9.59 Å². The number of hydrogen-bond acceptors (Lipinski definition) is 4. The molecule has 1 atom stereocenters. The number of nitrogens with one attached hydrogen (secondary N) is 1. The molecule has 3 N–H and O–H groups in total. The Kier molecular flexibility index (Phi) is 3.81. The second kappa shape index (κ2) is 5.76. The van der Waals surface area contributed by atoms with Crippen molar-refractivity contribution in [2.45, 2.75) is 18.9 Å². The van der Waals surface area contributed by atoms with Crippen LogP contribution in [0.25, 0.3) is 5.65 Å². The third-order valence-corrected chi connectivity index (χ3v) is 4.08. The third kappa shape index (κ3) is 2.33. The zero-order valence-corrected chi connectivity index (χ0v) is 12.5. The number of amides is 2. The molecule has 7 nitrogen and oxygen atoms in total. The molecule has 2 aromatic rings. The molecule has 22 heavy (non-hydrogen) atoms. The SMILES string of the molecule is CNC(=O)c1cccc2nc(C(=O)N3CCCC3CN)cn12. The number of pyridine rings is 1. The molecular weight excluding hydrogens is 282 g/mol. The summed E-state index contributed by atoms with van der Waals surface area (Å²) in [5, 5.41) is 2.58. The van der Waals surface area contributed by atoms with E-state index in [0.717, 1.165) is 12.8 Å². The van der Waals surface area contributed by atoms with E-state index in [2.05, 4.69) is 10.3 Å². The molecule has 2 aromatic heterocycles. The lowest BCUT2D eigenvalue weighted by molar-refractivity contribution is 0.0735. The van der Waals surface area contributed by atoms with Crippen molar-refractivity contribution < 1.29 is 9.59 Å². The van der Waals surface area contributed by atoms with Crippen molar-refractivity contribution in [3.05, 3.63) is 35.8 Å². The van der Waals surface area contributed by atoms with Gasteiger partial charge in [0.25, 0.3) is 11.8 Å². The highest BCUT2D eigenvalue weighted by Gasteiger charge is 2.29. The highest BCUT2D eigenvalue weighted by molar-refractivity contribution is 5.95. The maximum atomic E-state index is 12.6. The van der Waals surface area contributed by atoms with Gasteiger partial charge in [-0.25, -0.2) is 4.98 Å². The van der Waals surface area contributed by atoms with E-state index >= 15 is 0 Å². The Bertz CT molecular complexity index is 724. The topological polar surface area (TPSA) is 92.7 Å². The highest BCUT2D eigenvalue weighted by Crippen LogP contribution is 2.19. The number of aromatic nitrogens is 2. The summed E-state index contributed by atoms with van der Waals surface area (Å²) in [5.41, 5.74) is 7.09. The lowest BCUT2D eigenvalue weighted by Gasteiger charge is -2.22. The van der Waals surface area contributed by atoms with Gasteiger partial charge in [0.15, 0.2) is 0 Å². The van der Waals surface area contributed by atoms with Gasteiger partial charge in [-0.1, -0.05) is 6.07 Å². The van der Waals surface area contributed by atoms with Crippen LogP contribution in [-0.2, 0) is 0 Å². The van der Waals surface area contributed by atoms with Crippen LogP contribution in [0.3, 0.4) is 0 Å². The zero-order chi connectivity index (χ0) is 15.7. The minimum absolute atomic E-state index is 0.0794. The largest absolute Gasteiger partial charge is 0.354 e.